The summed E-state index contributed by atoms with van der Waals surface area (Å²) < 4.78 is 31.8. The van der Waals surface area contributed by atoms with Crippen molar-refractivity contribution >= 4 is 50.7 Å². The molecule has 3 aromatic rings. The number of nitrogens with zero attached hydrogens (tertiary/aromatic N) is 2. The first-order valence-corrected chi connectivity index (χ1v) is 16.2. The summed E-state index contributed by atoms with van der Waals surface area (Å²) in [6, 6.07) is 20.2. The molecule has 0 aliphatic carbocycles. The molecule has 2 amide bonds. The Hall–Kier alpha value is -3.27. The van der Waals surface area contributed by atoms with Gasteiger partial charge in [0.2, 0.25) is 21.8 Å². The third-order valence-corrected chi connectivity index (χ3v) is 8.33. The normalized spacial score (nSPS) is 12.1. The number of ether oxygens (including phenoxy) is 1. The maximum Gasteiger partial charge on any atom is 0.243 e. The summed E-state index contributed by atoms with van der Waals surface area (Å²) in [5, 5.41) is 3.78. The molecular weight excluding hydrogens is 597 g/mol. The van der Waals surface area contributed by atoms with Gasteiger partial charge in [-0.1, -0.05) is 65.7 Å². The lowest BCUT2D eigenvalue weighted by Gasteiger charge is -2.32. The van der Waals surface area contributed by atoms with Crippen LogP contribution in [0.25, 0.3) is 0 Å². The van der Waals surface area contributed by atoms with Gasteiger partial charge >= 0.3 is 0 Å². The molecule has 0 saturated heterocycles. The van der Waals surface area contributed by atoms with Gasteiger partial charge in [0.05, 0.1) is 19.1 Å². The number of hydrogen-bond acceptors (Lipinski definition) is 5. The molecule has 0 aliphatic rings. The minimum atomic E-state index is -3.64. The number of carbonyl (C=O) groups excluding carboxylic acids is 2. The lowest BCUT2D eigenvalue weighted by Crippen LogP contribution is -2.51. The first-order chi connectivity index (χ1) is 19.9. The summed E-state index contributed by atoms with van der Waals surface area (Å²) in [6.07, 6.45) is 1.63. The molecule has 0 aliphatic heterocycles. The highest BCUT2D eigenvalue weighted by Gasteiger charge is 2.31. The largest absolute Gasteiger partial charge is 0.497 e. The number of nitrogens with one attached hydrogen (secondary N) is 1. The van der Waals surface area contributed by atoms with Crippen molar-refractivity contribution in [2.75, 3.05) is 24.2 Å². The van der Waals surface area contributed by atoms with E-state index in [9.17, 15) is 18.0 Å². The van der Waals surface area contributed by atoms with Crippen molar-refractivity contribution in [1.82, 2.24) is 10.2 Å². The minimum Gasteiger partial charge on any atom is -0.497 e. The van der Waals surface area contributed by atoms with Crippen LogP contribution >= 0.6 is 23.2 Å². The summed E-state index contributed by atoms with van der Waals surface area (Å²) in [5.41, 5.74) is 1.97. The summed E-state index contributed by atoms with van der Waals surface area (Å²) in [6.45, 7) is 3.86. The molecule has 226 valence electrons. The maximum atomic E-state index is 13.9. The summed E-state index contributed by atoms with van der Waals surface area (Å²) in [5.74, 6) is -0.0791. The molecule has 0 unspecified atom stereocenters. The van der Waals surface area contributed by atoms with Gasteiger partial charge in [-0.15, -0.1) is 0 Å². The lowest BCUT2D eigenvalue weighted by atomic mass is 10.0. The van der Waals surface area contributed by atoms with E-state index < -0.39 is 16.1 Å². The Kier molecular flexibility index (Phi) is 12.1. The molecular formula is C31H37Cl2N3O5S. The highest BCUT2D eigenvalue weighted by atomic mass is 35.5. The average molecular weight is 635 g/mol. The van der Waals surface area contributed by atoms with E-state index in [0.29, 0.717) is 27.0 Å². The molecule has 0 spiro atoms. The van der Waals surface area contributed by atoms with Gasteiger partial charge in [-0.3, -0.25) is 13.9 Å². The number of benzene rings is 3. The zero-order valence-corrected chi connectivity index (χ0v) is 26.5. The Labute approximate surface area is 258 Å². The second-order valence-electron chi connectivity index (χ2n) is 10.3. The van der Waals surface area contributed by atoms with Crippen LogP contribution in [-0.4, -0.2) is 57.1 Å². The molecule has 1 N–H and O–H groups in total. The van der Waals surface area contributed by atoms with Gasteiger partial charge in [0, 0.05) is 48.1 Å². The predicted molar refractivity (Wildman–Crippen MR) is 169 cm³/mol. The topological polar surface area (TPSA) is 96.0 Å². The van der Waals surface area contributed by atoms with Crippen LogP contribution in [0.2, 0.25) is 10.0 Å². The SMILES string of the molecule is COc1cccc(N(CCCC(=O)N(Cc2ccc(Cl)cc2Cl)[C@@H](Cc2ccccc2)C(=O)NC(C)C)S(C)(=O)=O)c1. The van der Waals surface area contributed by atoms with Gasteiger partial charge in [0.15, 0.2) is 0 Å². The van der Waals surface area contributed by atoms with Crippen LogP contribution in [0.15, 0.2) is 72.8 Å². The van der Waals surface area contributed by atoms with E-state index in [1.165, 1.54) is 16.3 Å². The molecule has 3 aromatic carbocycles. The van der Waals surface area contributed by atoms with E-state index >= 15 is 0 Å². The van der Waals surface area contributed by atoms with Crippen LogP contribution in [0.3, 0.4) is 0 Å². The molecule has 0 bridgehead atoms. The number of hydrogen-bond donors (Lipinski definition) is 1. The standard InChI is InChI=1S/C31H37Cl2N3O5S/c1-22(2)34-31(38)29(18-23-10-6-5-7-11-23)35(21-24-15-16-25(32)19-28(24)33)30(37)14-9-17-36(42(4,39)40)26-12-8-13-27(20-26)41-3/h5-8,10-13,15-16,19-20,22,29H,9,14,17-18,21H2,1-4H3,(H,34,38)/t29-/m0/s1. The predicted octanol–water partition coefficient (Wildman–Crippen LogP) is 5.71. The van der Waals surface area contributed by atoms with E-state index in [2.05, 4.69) is 5.32 Å². The number of sulfonamides is 1. The van der Waals surface area contributed by atoms with E-state index in [-0.39, 0.29) is 50.2 Å². The zero-order chi connectivity index (χ0) is 30.9. The monoisotopic (exact) mass is 633 g/mol. The van der Waals surface area contributed by atoms with Gasteiger partial charge < -0.3 is 15.0 Å². The number of halogens is 2. The van der Waals surface area contributed by atoms with Crippen molar-refractivity contribution in [3.8, 4) is 5.75 Å². The molecule has 0 heterocycles. The molecule has 0 saturated carbocycles. The molecule has 0 radical (unpaired) electrons. The number of anilines is 1. The van der Waals surface area contributed by atoms with Crippen molar-refractivity contribution in [2.45, 2.75) is 51.7 Å². The van der Waals surface area contributed by atoms with Crippen LogP contribution in [0, 0.1) is 0 Å². The number of rotatable bonds is 14. The summed E-state index contributed by atoms with van der Waals surface area (Å²) in [7, 11) is -2.14. The Balaban J connectivity index is 1.91. The van der Waals surface area contributed by atoms with Crippen molar-refractivity contribution in [3.05, 3.63) is 94.0 Å². The summed E-state index contributed by atoms with van der Waals surface area (Å²) in [4.78, 5) is 29.0. The quantitative estimate of drug-likeness (QED) is 0.245. The molecule has 11 heteroatoms. The fraction of sp³-hybridized carbons (Fsp3) is 0.355. The molecule has 8 nitrogen and oxygen atoms in total. The molecule has 3 rings (SSSR count). The van der Waals surface area contributed by atoms with Gasteiger partial charge in [0.1, 0.15) is 11.8 Å². The number of methoxy groups -OCH3 is 1. The average Bonchev–Trinajstić information content (AvgIpc) is 2.93. The van der Waals surface area contributed by atoms with E-state index in [1.807, 2.05) is 44.2 Å². The van der Waals surface area contributed by atoms with Gasteiger partial charge in [0.25, 0.3) is 0 Å². The molecule has 42 heavy (non-hydrogen) atoms. The fourth-order valence-corrected chi connectivity index (χ4v) is 5.96. The first-order valence-electron chi connectivity index (χ1n) is 13.6. The molecule has 0 aromatic heterocycles. The minimum absolute atomic E-state index is 0.00143. The van der Waals surface area contributed by atoms with Crippen LogP contribution in [0.1, 0.15) is 37.8 Å². The van der Waals surface area contributed by atoms with Crippen molar-refractivity contribution in [3.63, 3.8) is 0 Å². The highest BCUT2D eigenvalue weighted by Crippen LogP contribution is 2.26. The third-order valence-electron chi connectivity index (χ3n) is 6.55. The smallest absolute Gasteiger partial charge is 0.243 e. The fourth-order valence-electron chi connectivity index (χ4n) is 4.54. The third kappa shape index (κ3) is 9.64. The van der Waals surface area contributed by atoms with Gasteiger partial charge in [-0.05, 0) is 55.7 Å². The van der Waals surface area contributed by atoms with Crippen molar-refractivity contribution in [2.24, 2.45) is 0 Å². The Bertz CT molecular complexity index is 1470. The second kappa shape index (κ2) is 15.3. The zero-order valence-electron chi connectivity index (χ0n) is 24.2. The van der Waals surface area contributed by atoms with Crippen LogP contribution in [-0.2, 0) is 32.6 Å². The van der Waals surface area contributed by atoms with Gasteiger partial charge in [-0.2, -0.15) is 0 Å². The first kappa shape index (κ1) is 33.2. The van der Waals surface area contributed by atoms with E-state index in [1.54, 1.807) is 42.5 Å². The van der Waals surface area contributed by atoms with E-state index in [4.69, 9.17) is 27.9 Å². The second-order valence-corrected chi connectivity index (χ2v) is 13.0. The highest BCUT2D eigenvalue weighted by molar-refractivity contribution is 7.92. The van der Waals surface area contributed by atoms with Crippen LogP contribution in [0.5, 0.6) is 5.75 Å². The number of amides is 2. The lowest BCUT2D eigenvalue weighted by molar-refractivity contribution is -0.141. The number of carbonyl (C=O) groups is 2. The summed E-state index contributed by atoms with van der Waals surface area (Å²) >= 11 is 12.6. The Morgan fingerprint density at radius 2 is 1.69 bits per heavy atom. The van der Waals surface area contributed by atoms with Crippen LogP contribution in [0.4, 0.5) is 5.69 Å². The van der Waals surface area contributed by atoms with Gasteiger partial charge in [-0.25, -0.2) is 8.42 Å². The maximum absolute atomic E-state index is 13.9. The molecule has 1 atom stereocenters. The Morgan fingerprint density at radius 3 is 2.31 bits per heavy atom. The van der Waals surface area contributed by atoms with Crippen molar-refractivity contribution < 1.29 is 22.7 Å². The Morgan fingerprint density at radius 1 is 0.976 bits per heavy atom. The van der Waals surface area contributed by atoms with Crippen molar-refractivity contribution in [1.29, 1.82) is 0 Å². The van der Waals surface area contributed by atoms with E-state index in [0.717, 1.165) is 11.8 Å². The van der Waals surface area contributed by atoms with Crippen LogP contribution < -0.4 is 14.4 Å². The molecule has 0 fully saturated rings.